The highest BCUT2D eigenvalue weighted by Gasteiger charge is 2.11. The van der Waals surface area contributed by atoms with Crippen LogP contribution in [0.5, 0.6) is 0 Å². The van der Waals surface area contributed by atoms with Crippen molar-refractivity contribution in [3.63, 3.8) is 0 Å². The van der Waals surface area contributed by atoms with E-state index in [1.807, 2.05) is 6.08 Å². The first kappa shape index (κ1) is 15.0. The summed E-state index contributed by atoms with van der Waals surface area (Å²) in [6.45, 7) is 13.9. The fourth-order valence-electron chi connectivity index (χ4n) is 1.81. The number of furan rings is 1. The maximum atomic E-state index is 5.82. The summed E-state index contributed by atoms with van der Waals surface area (Å²) in [5.41, 5.74) is 0. The van der Waals surface area contributed by atoms with Crippen LogP contribution in [0, 0.1) is 0 Å². The van der Waals surface area contributed by atoms with Gasteiger partial charge < -0.3 is 9.73 Å². The van der Waals surface area contributed by atoms with Crippen LogP contribution in [0.15, 0.2) is 29.2 Å². The van der Waals surface area contributed by atoms with E-state index in [1.54, 1.807) is 0 Å². The predicted molar refractivity (Wildman–Crippen MR) is 76.4 cm³/mol. The van der Waals surface area contributed by atoms with Crippen LogP contribution < -0.4 is 5.32 Å². The number of nitrogens with zero attached hydrogens (tertiary/aromatic N) is 1. The fraction of sp³-hybridized carbons (Fsp3) is 0.600. The number of rotatable bonds is 9. The molecule has 0 aliphatic rings. The zero-order valence-electron chi connectivity index (χ0n) is 11.9. The van der Waals surface area contributed by atoms with Gasteiger partial charge in [0.1, 0.15) is 11.5 Å². The monoisotopic (exact) mass is 250 g/mol. The first-order valence-electron chi connectivity index (χ1n) is 6.80. The molecule has 0 amide bonds. The van der Waals surface area contributed by atoms with E-state index in [0.29, 0.717) is 6.04 Å². The molecule has 1 N–H and O–H groups in total. The summed E-state index contributed by atoms with van der Waals surface area (Å²) in [5.74, 6) is 2.04. The number of nitrogens with one attached hydrogen (secondary N) is 1. The van der Waals surface area contributed by atoms with E-state index in [1.165, 1.54) is 0 Å². The molecule has 0 saturated carbocycles. The second-order valence-corrected chi connectivity index (χ2v) is 4.86. The van der Waals surface area contributed by atoms with Gasteiger partial charge in [-0.1, -0.05) is 13.0 Å². The van der Waals surface area contributed by atoms with Crippen molar-refractivity contribution in [2.45, 2.75) is 46.3 Å². The highest BCUT2D eigenvalue weighted by Crippen LogP contribution is 2.12. The van der Waals surface area contributed by atoms with Gasteiger partial charge in [0.05, 0.1) is 13.1 Å². The molecule has 0 aromatic carbocycles. The molecule has 102 valence electrons. The lowest BCUT2D eigenvalue weighted by molar-refractivity contribution is 0.216. The number of hydrogen-bond acceptors (Lipinski definition) is 3. The van der Waals surface area contributed by atoms with E-state index in [0.717, 1.165) is 44.1 Å². The zero-order chi connectivity index (χ0) is 13.4. The number of hydrogen-bond donors (Lipinski definition) is 1. The minimum absolute atomic E-state index is 0.495. The molecule has 1 aromatic heterocycles. The summed E-state index contributed by atoms with van der Waals surface area (Å²) in [7, 11) is 0. The smallest absolute Gasteiger partial charge is 0.118 e. The Bertz CT molecular complexity index is 344. The Morgan fingerprint density at radius 3 is 2.72 bits per heavy atom. The molecule has 3 nitrogen and oxygen atoms in total. The van der Waals surface area contributed by atoms with Gasteiger partial charge in [-0.25, -0.2) is 0 Å². The van der Waals surface area contributed by atoms with Crippen molar-refractivity contribution in [1.29, 1.82) is 0 Å². The minimum Gasteiger partial charge on any atom is -0.463 e. The Kier molecular flexibility index (Phi) is 6.76. The highest BCUT2D eigenvalue weighted by atomic mass is 16.3. The average molecular weight is 250 g/mol. The average Bonchev–Trinajstić information content (AvgIpc) is 2.76. The Morgan fingerprint density at radius 2 is 2.11 bits per heavy atom. The van der Waals surface area contributed by atoms with Crippen LogP contribution in [0.4, 0.5) is 0 Å². The molecule has 0 bridgehead atoms. The molecule has 0 fully saturated rings. The molecule has 1 rings (SSSR count). The van der Waals surface area contributed by atoms with Crippen LogP contribution >= 0.6 is 0 Å². The molecule has 1 aromatic rings. The second kappa shape index (κ2) is 8.11. The Labute approximate surface area is 111 Å². The lowest BCUT2D eigenvalue weighted by Gasteiger charge is -2.23. The third-order valence-corrected chi connectivity index (χ3v) is 2.90. The van der Waals surface area contributed by atoms with Crippen molar-refractivity contribution in [1.82, 2.24) is 10.2 Å². The van der Waals surface area contributed by atoms with E-state index in [4.69, 9.17) is 4.42 Å². The topological polar surface area (TPSA) is 28.4 Å². The normalized spacial score (nSPS) is 11.4. The predicted octanol–water partition coefficient (Wildman–Crippen LogP) is 3.18. The van der Waals surface area contributed by atoms with Gasteiger partial charge in [0.25, 0.3) is 0 Å². The van der Waals surface area contributed by atoms with E-state index in [-0.39, 0.29) is 0 Å². The summed E-state index contributed by atoms with van der Waals surface area (Å²) >= 11 is 0. The van der Waals surface area contributed by atoms with E-state index < -0.39 is 0 Å². The summed E-state index contributed by atoms with van der Waals surface area (Å²) in [6.07, 6.45) is 3.08. The van der Waals surface area contributed by atoms with E-state index in [9.17, 15) is 0 Å². The molecule has 0 spiro atoms. The van der Waals surface area contributed by atoms with Gasteiger partial charge in [-0.15, -0.1) is 6.58 Å². The maximum Gasteiger partial charge on any atom is 0.118 e. The van der Waals surface area contributed by atoms with Crippen LogP contribution in [0.3, 0.4) is 0 Å². The second-order valence-electron chi connectivity index (χ2n) is 4.86. The van der Waals surface area contributed by atoms with Crippen molar-refractivity contribution in [3.8, 4) is 0 Å². The Hall–Kier alpha value is -1.06. The molecule has 0 aliphatic carbocycles. The first-order valence-corrected chi connectivity index (χ1v) is 6.80. The van der Waals surface area contributed by atoms with Crippen molar-refractivity contribution in [2.24, 2.45) is 0 Å². The molecule has 0 saturated heterocycles. The summed E-state index contributed by atoms with van der Waals surface area (Å²) < 4.78 is 5.82. The Morgan fingerprint density at radius 1 is 1.39 bits per heavy atom. The van der Waals surface area contributed by atoms with Gasteiger partial charge in [-0.3, -0.25) is 4.90 Å². The third-order valence-electron chi connectivity index (χ3n) is 2.90. The standard InChI is InChI=1S/C15H26N2O/c1-5-9-16-11-14-7-8-15(18-14)12-17(10-6-2)13(3)4/h6-8,13,16H,2,5,9-12H2,1,3-4H3. The molecule has 0 unspecified atom stereocenters. The minimum atomic E-state index is 0.495. The van der Waals surface area contributed by atoms with Crippen molar-refractivity contribution in [2.75, 3.05) is 13.1 Å². The van der Waals surface area contributed by atoms with Gasteiger partial charge in [-0.2, -0.15) is 0 Å². The maximum absolute atomic E-state index is 5.82. The SMILES string of the molecule is C=CCN(Cc1ccc(CNCCC)o1)C(C)C. The molecule has 18 heavy (non-hydrogen) atoms. The molecule has 0 atom stereocenters. The summed E-state index contributed by atoms with van der Waals surface area (Å²) in [6, 6.07) is 4.63. The lowest BCUT2D eigenvalue weighted by atomic mass is 10.3. The lowest BCUT2D eigenvalue weighted by Crippen LogP contribution is -2.30. The summed E-state index contributed by atoms with van der Waals surface area (Å²) in [4.78, 5) is 2.33. The van der Waals surface area contributed by atoms with Gasteiger partial charge in [0, 0.05) is 12.6 Å². The quantitative estimate of drug-likeness (QED) is 0.539. The fourth-order valence-corrected chi connectivity index (χ4v) is 1.81. The van der Waals surface area contributed by atoms with Crippen molar-refractivity contribution < 1.29 is 4.42 Å². The van der Waals surface area contributed by atoms with Crippen LogP contribution in [-0.4, -0.2) is 24.0 Å². The van der Waals surface area contributed by atoms with Crippen molar-refractivity contribution in [3.05, 3.63) is 36.3 Å². The van der Waals surface area contributed by atoms with Gasteiger partial charge in [0.15, 0.2) is 0 Å². The van der Waals surface area contributed by atoms with Gasteiger partial charge >= 0.3 is 0 Å². The van der Waals surface area contributed by atoms with E-state index in [2.05, 4.69) is 49.7 Å². The third kappa shape index (κ3) is 5.07. The van der Waals surface area contributed by atoms with Gasteiger partial charge in [0.2, 0.25) is 0 Å². The van der Waals surface area contributed by atoms with Crippen molar-refractivity contribution >= 4 is 0 Å². The van der Waals surface area contributed by atoms with Crippen LogP contribution in [0.2, 0.25) is 0 Å². The van der Waals surface area contributed by atoms with Crippen LogP contribution in [-0.2, 0) is 13.1 Å². The highest BCUT2D eigenvalue weighted by molar-refractivity contribution is 5.07. The molecule has 0 radical (unpaired) electrons. The molecule has 1 heterocycles. The molecule has 0 aliphatic heterocycles. The Balaban J connectivity index is 2.48. The molecular formula is C15H26N2O. The largest absolute Gasteiger partial charge is 0.463 e. The van der Waals surface area contributed by atoms with E-state index >= 15 is 0 Å². The van der Waals surface area contributed by atoms with Gasteiger partial charge in [-0.05, 0) is 38.9 Å². The van der Waals surface area contributed by atoms with Crippen LogP contribution in [0.1, 0.15) is 38.7 Å². The molecule has 3 heteroatoms. The first-order chi connectivity index (χ1) is 8.67. The zero-order valence-corrected chi connectivity index (χ0v) is 11.9. The molecular weight excluding hydrogens is 224 g/mol. The van der Waals surface area contributed by atoms with Crippen LogP contribution in [0.25, 0.3) is 0 Å². The summed E-state index contributed by atoms with van der Waals surface area (Å²) in [5, 5.41) is 3.34.